The topological polar surface area (TPSA) is 69.7 Å². The molecular formula is C24H25BrN2O4. The number of hydrogen-bond acceptors (Lipinski definition) is 5. The molecule has 1 aromatic heterocycles. The quantitative estimate of drug-likeness (QED) is 0.487. The third kappa shape index (κ3) is 5.55. The molecule has 0 unspecified atom stereocenters. The lowest BCUT2D eigenvalue weighted by atomic mass is 10.0. The van der Waals surface area contributed by atoms with E-state index in [1.54, 1.807) is 26.6 Å². The standard InChI is InChI=1S/C24H25BrN2O4/c1-15-8-19(9-16(2)22(15)31-14-17-6-5-7-26-12-17)24(28)27-13-18-10-20(25)23(30-4)21(11-18)29-3/h5-12H,13-14H2,1-4H3,(H,27,28). The molecule has 6 nitrogen and oxygen atoms in total. The Morgan fingerprint density at radius 2 is 1.77 bits per heavy atom. The van der Waals surface area contributed by atoms with E-state index in [1.807, 2.05) is 50.2 Å². The van der Waals surface area contributed by atoms with E-state index in [9.17, 15) is 4.79 Å². The summed E-state index contributed by atoms with van der Waals surface area (Å²) in [7, 11) is 3.16. The van der Waals surface area contributed by atoms with Gasteiger partial charge in [0.25, 0.3) is 5.91 Å². The molecule has 0 aliphatic rings. The number of carbonyl (C=O) groups is 1. The van der Waals surface area contributed by atoms with Crippen molar-refractivity contribution in [2.45, 2.75) is 27.0 Å². The predicted molar refractivity (Wildman–Crippen MR) is 123 cm³/mol. The third-order valence-corrected chi connectivity index (χ3v) is 5.36. The highest BCUT2D eigenvalue weighted by atomic mass is 79.9. The van der Waals surface area contributed by atoms with Crippen molar-refractivity contribution < 1.29 is 19.0 Å². The summed E-state index contributed by atoms with van der Waals surface area (Å²) in [6, 6.07) is 11.3. The van der Waals surface area contributed by atoms with Gasteiger partial charge in [0, 0.05) is 30.1 Å². The first-order chi connectivity index (χ1) is 14.9. The van der Waals surface area contributed by atoms with Gasteiger partial charge in [0.1, 0.15) is 12.4 Å². The van der Waals surface area contributed by atoms with Crippen molar-refractivity contribution in [1.29, 1.82) is 0 Å². The van der Waals surface area contributed by atoms with Crippen molar-refractivity contribution in [2.75, 3.05) is 14.2 Å². The van der Waals surface area contributed by atoms with Gasteiger partial charge in [-0.2, -0.15) is 0 Å². The molecule has 0 atom stereocenters. The highest BCUT2D eigenvalue weighted by Gasteiger charge is 2.14. The minimum atomic E-state index is -0.157. The Hall–Kier alpha value is -3.06. The molecule has 0 fully saturated rings. The van der Waals surface area contributed by atoms with E-state index in [2.05, 4.69) is 26.2 Å². The van der Waals surface area contributed by atoms with E-state index in [0.29, 0.717) is 30.2 Å². The van der Waals surface area contributed by atoms with Gasteiger partial charge in [-0.25, -0.2) is 0 Å². The number of pyridine rings is 1. The van der Waals surface area contributed by atoms with E-state index in [1.165, 1.54) is 0 Å². The fraction of sp³-hybridized carbons (Fsp3) is 0.250. The number of carbonyl (C=O) groups excluding carboxylic acids is 1. The second-order valence-electron chi connectivity index (χ2n) is 7.08. The average molecular weight is 485 g/mol. The number of aromatic nitrogens is 1. The molecule has 0 aliphatic heterocycles. The Balaban J connectivity index is 1.69. The molecular weight excluding hydrogens is 460 g/mol. The lowest BCUT2D eigenvalue weighted by molar-refractivity contribution is 0.0950. The Bertz CT molecular complexity index is 1050. The van der Waals surface area contributed by atoms with Crippen LogP contribution in [-0.2, 0) is 13.2 Å². The van der Waals surface area contributed by atoms with Crippen LogP contribution in [0.2, 0.25) is 0 Å². The van der Waals surface area contributed by atoms with Gasteiger partial charge in [-0.3, -0.25) is 9.78 Å². The number of rotatable bonds is 8. The van der Waals surface area contributed by atoms with Crippen molar-refractivity contribution in [3.05, 3.63) is 81.1 Å². The summed E-state index contributed by atoms with van der Waals surface area (Å²) in [4.78, 5) is 16.8. The molecule has 31 heavy (non-hydrogen) atoms. The number of benzene rings is 2. The normalized spacial score (nSPS) is 10.5. The van der Waals surface area contributed by atoms with Gasteiger partial charge in [-0.15, -0.1) is 0 Å². The second kappa shape index (κ2) is 10.3. The molecule has 0 aliphatic carbocycles. The Morgan fingerprint density at radius 1 is 1.03 bits per heavy atom. The number of halogens is 1. The zero-order chi connectivity index (χ0) is 22.4. The highest BCUT2D eigenvalue weighted by Crippen LogP contribution is 2.36. The fourth-order valence-corrected chi connectivity index (χ4v) is 3.96. The van der Waals surface area contributed by atoms with Crippen LogP contribution in [0.5, 0.6) is 17.2 Å². The number of amides is 1. The molecule has 3 aromatic rings. The predicted octanol–water partition coefficient (Wildman–Crippen LogP) is 4.99. The SMILES string of the molecule is COc1cc(CNC(=O)c2cc(C)c(OCc3cccnc3)c(C)c2)cc(Br)c1OC. The summed E-state index contributed by atoms with van der Waals surface area (Å²) >= 11 is 3.47. The van der Waals surface area contributed by atoms with Crippen LogP contribution >= 0.6 is 15.9 Å². The zero-order valence-electron chi connectivity index (χ0n) is 18.0. The van der Waals surface area contributed by atoms with E-state index < -0.39 is 0 Å². The summed E-state index contributed by atoms with van der Waals surface area (Å²) in [6.45, 7) is 4.66. The van der Waals surface area contributed by atoms with Crippen LogP contribution in [0.15, 0.2) is 53.3 Å². The van der Waals surface area contributed by atoms with E-state index in [0.717, 1.165) is 32.5 Å². The molecule has 0 spiro atoms. The van der Waals surface area contributed by atoms with Crippen LogP contribution in [-0.4, -0.2) is 25.1 Å². The average Bonchev–Trinajstić information content (AvgIpc) is 2.77. The lowest BCUT2D eigenvalue weighted by Crippen LogP contribution is -2.23. The van der Waals surface area contributed by atoms with Gasteiger partial charge in [0.15, 0.2) is 11.5 Å². The first-order valence-electron chi connectivity index (χ1n) is 9.74. The van der Waals surface area contributed by atoms with Crippen molar-refractivity contribution in [3.8, 4) is 17.2 Å². The van der Waals surface area contributed by atoms with Crippen molar-refractivity contribution >= 4 is 21.8 Å². The monoisotopic (exact) mass is 484 g/mol. The Labute approximate surface area is 190 Å². The molecule has 0 saturated carbocycles. The second-order valence-corrected chi connectivity index (χ2v) is 7.94. The molecule has 0 saturated heterocycles. The Kier molecular flexibility index (Phi) is 7.52. The van der Waals surface area contributed by atoms with Crippen molar-refractivity contribution in [1.82, 2.24) is 10.3 Å². The Morgan fingerprint density at radius 3 is 2.39 bits per heavy atom. The number of nitrogens with zero attached hydrogens (tertiary/aromatic N) is 1. The van der Waals surface area contributed by atoms with E-state index in [-0.39, 0.29) is 5.91 Å². The largest absolute Gasteiger partial charge is 0.493 e. The van der Waals surface area contributed by atoms with Gasteiger partial charge >= 0.3 is 0 Å². The molecule has 0 bridgehead atoms. The molecule has 1 heterocycles. The number of hydrogen-bond donors (Lipinski definition) is 1. The molecule has 7 heteroatoms. The van der Waals surface area contributed by atoms with Crippen LogP contribution in [0, 0.1) is 13.8 Å². The van der Waals surface area contributed by atoms with Gasteiger partial charge in [-0.05, 0) is 76.8 Å². The third-order valence-electron chi connectivity index (χ3n) is 4.77. The number of nitrogens with one attached hydrogen (secondary N) is 1. The zero-order valence-corrected chi connectivity index (χ0v) is 19.6. The minimum absolute atomic E-state index is 0.157. The van der Waals surface area contributed by atoms with Crippen LogP contribution in [0.4, 0.5) is 0 Å². The summed E-state index contributed by atoms with van der Waals surface area (Å²) < 4.78 is 17.4. The van der Waals surface area contributed by atoms with Crippen LogP contribution in [0.1, 0.15) is 32.6 Å². The first kappa shape index (κ1) is 22.6. The van der Waals surface area contributed by atoms with Gasteiger partial charge < -0.3 is 19.5 Å². The maximum atomic E-state index is 12.7. The fourth-order valence-electron chi connectivity index (χ4n) is 3.31. The minimum Gasteiger partial charge on any atom is -0.493 e. The summed E-state index contributed by atoms with van der Waals surface area (Å²) in [5.74, 6) is 1.84. The molecule has 1 N–H and O–H groups in total. The summed E-state index contributed by atoms with van der Waals surface area (Å²) in [6.07, 6.45) is 3.51. The molecule has 162 valence electrons. The van der Waals surface area contributed by atoms with Gasteiger partial charge in [0.2, 0.25) is 0 Å². The molecule has 3 rings (SSSR count). The smallest absolute Gasteiger partial charge is 0.251 e. The first-order valence-corrected chi connectivity index (χ1v) is 10.5. The maximum absolute atomic E-state index is 12.7. The van der Waals surface area contributed by atoms with E-state index >= 15 is 0 Å². The number of ether oxygens (including phenoxy) is 3. The lowest BCUT2D eigenvalue weighted by Gasteiger charge is -2.15. The van der Waals surface area contributed by atoms with Crippen molar-refractivity contribution in [2.24, 2.45) is 0 Å². The van der Waals surface area contributed by atoms with Crippen LogP contribution in [0.25, 0.3) is 0 Å². The van der Waals surface area contributed by atoms with Crippen LogP contribution < -0.4 is 19.5 Å². The van der Waals surface area contributed by atoms with Crippen LogP contribution in [0.3, 0.4) is 0 Å². The van der Waals surface area contributed by atoms with E-state index in [4.69, 9.17) is 14.2 Å². The molecule has 2 aromatic carbocycles. The number of aryl methyl sites for hydroxylation is 2. The molecule has 0 radical (unpaired) electrons. The summed E-state index contributed by atoms with van der Waals surface area (Å²) in [5.41, 5.74) is 4.28. The van der Waals surface area contributed by atoms with Crippen molar-refractivity contribution in [3.63, 3.8) is 0 Å². The highest BCUT2D eigenvalue weighted by molar-refractivity contribution is 9.10. The number of methoxy groups -OCH3 is 2. The summed E-state index contributed by atoms with van der Waals surface area (Å²) in [5, 5.41) is 2.96. The maximum Gasteiger partial charge on any atom is 0.251 e. The van der Waals surface area contributed by atoms with Gasteiger partial charge in [-0.1, -0.05) is 6.07 Å². The van der Waals surface area contributed by atoms with Gasteiger partial charge in [0.05, 0.1) is 18.7 Å². The molecule has 1 amide bonds.